The molecule has 1 aromatic carbocycles. The minimum Gasteiger partial charge on any atom is -0.492 e. The number of rotatable bonds is 7. The molecule has 0 heterocycles. The second-order valence-electron chi connectivity index (χ2n) is 4.13. The van der Waals surface area contributed by atoms with Crippen molar-refractivity contribution in [2.45, 2.75) is 19.8 Å². The van der Waals surface area contributed by atoms with Crippen LogP contribution >= 0.6 is 28.6 Å². The summed E-state index contributed by atoms with van der Waals surface area (Å²) in [7, 11) is 0. The topological polar surface area (TPSA) is 52.4 Å². The Bertz CT molecular complexity index is 414. The summed E-state index contributed by atoms with van der Waals surface area (Å²) < 4.78 is 6.30. The van der Waals surface area contributed by atoms with Crippen LogP contribution in [0.1, 0.15) is 19.8 Å². The van der Waals surface area contributed by atoms with Gasteiger partial charge in [-0.05, 0) is 46.5 Å². The van der Waals surface area contributed by atoms with E-state index in [2.05, 4.69) is 35.5 Å². The number of thiol groups is 1. The highest BCUT2D eigenvalue weighted by atomic mass is 79.9. The van der Waals surface area contributed by atoms with Crippen LogP contribution in [0.5, 0.6) is 5.75 Å². The summed E-state index contributed by atoms with van der Waals surface area (Å²) in [4.78, 5) is 10.2. The maximum atomic E-state index is 10.7. The molecule has 0 aliphatic heterocycles. The molecule has 0 saturated carbocycles. The average Bonchev–Trinajstić information content (AvgIpc) is 2.31. The van der Waals surface area contributed by atoms with Gasteiger partial charge in [-0.1, -0.05) is 6.92 Å². The van der Waals surface area contributed by atoms with Crippen LogP contribution in [0.4, 0.5) is 5.69 Å². The summed E-state index contributed by atoms with van der Waals surface area (Å²) in [6.45, 7) is 2.69. The molecule has 0 saturated heterocycles. The minimum atomic E-state index is -0.428. The van der Waals surface area contributed by atoms with E-state index >= 15 is 0 Å². The zero-order valence-corrected chi connectivity index (χ0v) is 12.6. The minimum absolute atomic E-state index is 0.0385. The number of nitro groups is 1. The normalized spacial score (nSPS) is 12.2. The highest BCUT2D eigenvalue weighted by Crippen LogP contribution is 2.29. The lowest BCUT2D eigenvalue weighted by molar-refractivity contribution is -0.385. The number of ether oxygens (including phenoxy) is 1. The number of benzene rings is 1. The maximum Gasteiger partial charge on any atom is 0.273 e. The fraction of sp³-hybridized carbons (Fsp3) is 0.500. The third-order valence-electron chi connectivity index (χ3n) is 2.62. The number of hydrogen-bond acceptors (Lipinski definition) is 4. The summed E-state index contributed by atoms with van der Waals surface area (Å²) in [5.41, 5.74) is 0.0385. The Balaban J connectivity index is 2.56. The van der Waals surface area contributed by atoms with Crippen molar-refractivity contribution < 1.29 is 9.66 Å². The van der Waals surface area contributed by atoms with Crippen molar-refractivity contribution in [3.8, 4) is 5.75 Å². The molecule has 0 spiro atoms. The van der Waals surface area contributed by atoms with E-state index in [1.54, 1.807) is 6.07 Å². The van der Waals surface area contributed by atoms with Gasteiger partial charge in [0.2, 0.25) is 0 Å². The van der Waals surface area contributed by atoms with E-state index in [1.165, 1.54) is 12.1 Å². The molecule has 1 unspecified atom stereocenters. The van der Waals surface area contributed by atoms with E-state index in [-0.39, 0.29) is 5.69 Å². The number of hydrogen-bond donors (Lipinski definition) is 1. The Morgan fingerprint density at radius 1 is 1.50 bits per heavy atom. The predicted molar refractivity (Wildman–Crippen MR) is 78.5 cm³/mol. The summed E-state index contributed by atoms with van der Waals surface area (Å²) in [5.74, 6) is 1.92. The monoisotopic (exact) mass is 333 g/mol. The van der Waals surface area contributed by atoms with Gasteiger partial charge in [0, 0.05) is 6.07 Å². The van der Waals surface area contributed by atoms with Crippen molar-refractivity contribution in [3.63, 3.8) is 0 Å². The summed E-state index contributed by atoms with van der Waals surface area (Å²) in [6, 6.07) is 4.51. The molecule has 0 aliphatic rings. The first kappa shape index (κ1) is 15.3. The first-order chi connectivity index (χ1) is 8.54. The van der Waals surface area contributed by atoms with Gasteiger partial charge in [-0.15, -0.1) is 0 Å². The Hall–Kier alpha value is -0.750. The molecule has 6 heteroatoms. The van der Waals surface area contributed by atoms with Gasteiger partial charge in [0.05, 0.1) is 22.1 Å². The van der Waals surface area contributed by atoms with Crippen molar-refractivity contribution in [3.05, 3.63) is 32.8 Å². The lowest BCUT2D eigenvalue weighted by Crippen LogP contribution is -2.05. The second-order valence-corrected chi connectivity index (χ2v) is 5.43. The molecule has 0 aliphatic carbocycles. The highest BCUT2D eigenvalue weighted by Gasteiger charge is 2.10. The molecule has 0 bridgehead atoms. The summed E-state index contributed by atoms with van der Waals surface area (Å²) in [6.07, 6.45) is 1.96. The van der Waals surface area contributed by atoms with Crippen LogP contribution in [-0.4, -0.2) is 17.3 Å². The van der Waals surface area contributed by atoms with Gasteiger partial charge in [0.1, 0.15) is 5.75 Å². The van der Waals surface area contributed by atoms with Crippen molar-refractivity contribution in [2.75, 3.05) is 12.4 Å². The SMILES string of the molecule is CC(CCS)CCOc1cc([N+](=O)[O-])ccc1Br. The van der Waals surface area contributed by atoms with Crippen LogP contribution in [0, 0.1) is 16.0 Å². The van der Waals surface area contributed by atoms with Crippen LogP contribution in [0.15, 0.2) is 22.7 Å². The molecule has 0 fully saturated rings. The Kier molecular flexibility index (Phi) is 6.49. The molecule has 18 heavy (non-hydrogen) atoms. The molecule has 1 aromatic rings. The first-order valence-electron chi connectivity index (χ1n) is 5.72. The van der Waals surface area contributed by atoms with E-state index < -0.39 is 4.92 Å². The summed E-state index contributed by atoms with van der Waals surface area (Å²) >= 11 is 7.50. The van der Waals surface area contributed by atoms with Gasteiger partial charge in [-0.2, -0.15) is 12.6 Å². The zero-order chi connectivity index (χ0) is 13.5. The summed E-state index contributed by atoms with van der Waals surface area (Å²) in [5, 5.41) is 10.7. The van der Waals surface area contributed by atoms with E-state index in [0.717, 1.165) is 23.1 Å². The fourth-order valence-corrected chi connectivity index (χ4v) is 2.25. The van der Waals surface area contributed by atoms with Crippen LogP contribution in [0.25, 0.3) is 0 Å². The molecule has 1 rings (SSSR count). The molecule has 0 aromatic heterocycles. The van der Waals surface area contributed by atoms with Crippen molar-refractivity contribution >= 4 is 34.2 Å². The molecule has 0 amide bonds. The van der Waals surface area contributed by atoms with Crippen molar-refractivity contribution in [1.82, 2.24) is 0 Å². The number of nitrogens with zero attached hydrogens (tertiary/aromatic N) is 1. The molecule has 4 nitrogen and oxygen atoms in total. The molecule has 100 valence electrons. The maximum absolute atomic E-state index is 10.7. The van der Waals surface area contributed by atoms with Gasteiger partial charge >= 0.3 is 0 Å². The largest absolute Gasteiger partial charge is 0.492 e. The Morgan fingerprint density at radius 3 is 2.83 bits per heavy atom. The lowest BCUT2D eigenvalue weighted by atomic mass is 10.1. The zero-order valence-electron chi connectivity index (χ0n) is 10.1. The quantitative estimate of drug-likeness (QED) is 0.464. The number of non-ortho nitro benzene ring substituents is 1. The van der Waals surface area contributed by atoms with Crippen molar-refractivity contribution in [2.24, 2.45) is 5.92 Å². The highest BCUT2D eigenvalue weighted by molar-refractivity contribution is 9.10. The van der Waals surface area contributed by atoms with Crippen LogP contribution in [0.3, 0.4) is 0 Å². The Labute approximate surface area is 120 Å². The first-order valence-corrected chi connectivity index (χ1v) is 7.14. The van der Waals surface area contributed by atoms with Gasteiger partial charge < -0.3 is 4.74 Å². The van der Waals surface area contributed by atoms with E-state index in [4.69, 9.17) is 4.74 Å². The molecule has 0 radical (unpaired) electrons. The lowest BCUT2D eigenvalue weighted by Gasteiger charge is -2.11. The van der Waals surface area contributed by atoms with Crippen LogP contribution < -0.4 is 4.74 Å². The number of nitro benzene ring substituents is 1. The standard InChI is InChI=1S/C12H16BrNO3S/c1-9(5-7-18)4-6-17-12-8-10(14(15)16)2-3-11(12)13/h2-3,8-9,18H,4-7H2,1H3. The molecule has 0 N–H and O–H groups in total. The van der Waals surface area contributed by atoms with Gasteiger partial charge in [0.25, 0.3) is 5.69 Å². The average molecular weight is 334 g/mol. The smallest absolute Gasteiger partial charge is 0.273 e. The second kappa shape index (κ2) is 7.63. The van der Waals surface area contributed by atoms with E-state index in [9.17, 15) is 10.1 Å². The van der Waals surface area contributed by atoms with Crippen LogP contribution in [0.2, 0.25) is 0 Å². The fourth-order valence-electron chi connectivity index (χ4n) is 1.45. The third-order valence-corrected chi connectivity index (χ3v) is 3.53. The van der Waals surface area contributed by atoms with E-state index in [0.29, 0.717) is 18.3 Å². The molecular formula is C12H16BrNO3S. The predicted octanol–water partition coefficient (Wildman–Crippen LogP) is 4.08. The van der Waals surface area contributed by atoms with E-state index in [1.807, 2.05) is 0 Å². The van der Waals surface area contributed by atoms with Gasteiger partial charge in [-0.25, -0.2) is 0 Å². The van der Waals surface area contributed by atoms with Crippen LogP contribution in [-0.2, 0) is 0 Å². The number of halogens is 1. The van der Waals surface area contributed by atoms with Crippen molar-refractivity contribution in [1.29, 1.82) is 0 Å². The third kappa shape index (κ3) is 4.86. The van der Waals surface area contributed by atoms with Gasteiger partial charge in [-0.3, -0.25) is 10.1 Å². The Morgan fingerprint density at radius 2 is 2.22 bits per heavy atom. The van der Waals surface area contributed by atoms with Gasteiger partial charge in [0.15, 0.2) is 0 Å². The molecular weight excluding hydrogens is 318 g/mol. The molecule has 1 atom stereocenters.